The number of carbonyl (C=O) groups is 1. The number of nitrogens with two attached hydrogens (primary N) is 1. The molecule has 4 heteroatoms. The number of carboxylic acids is 1. The molecular weight excluding hydrogens is 168 g/mol. The molecule has 0 aliphatic carbocycles. The first-order valence-electron chi connectivity index (χ1n) is 4.80. The highest BCUT2D eigenvalue weighted by Gasteiger charge is 2.20. The van der Waals surface area contributed by atoms with Gasteiger partial charge in [-0.3, -0.25) is 4.79 Å². The number of rotatable bonds is 4. The second-order valence-corrected chi connectivity index (χ2v) is 3.93. The number of hydrogen-bond acceptors (Lipinski definition) is 3. The van der Waals surface area contributed by atoms with Gasteiger partial charge < -0.3 is 15.7 Å². The van der Waals surface area contributed by atoms with Crippen molar-refractivity contribution < 1.29 is 9.90 Å². The Bertz CT molecular complexity index is 184. The third-order valence-electron chi connectivity index (χ3n) is 2.58. The smallest absolute Gasteiger partial charge is 0.320 e. The largest absolute Gasteiger partial charge is 0.480 e. The highest BCUT2D eigenvalue weighted by molar-refractivity contribution is 5.72. The summed E-state index contributed by atoms with van der Waals surface area (Å²) < 4.78 is 0. The van der Waals surface area contributed by atoms with Crippen LogP contribution in [0.1, 0.15) is 19.8 Å². The van der Waals surface area contributed by atoms with Gasteiger partial charge >= 0.3 is 5.97 Å². The van der Waals surface area contributed by atoms with E-state index in [1.54, 1.807) is 0 Å². The monoisotopic (exact) mass is 186 g/mol. The molecule has 3 N–H and O–H groups in total. The van der Waals surface area contributed by atoms with E-state index in [0.29, 0.717) is 6.42 Å². The zero-order chi connectivity index (χ0) is 9.84. The molecule has 0 radical (unpaired) electrons. The first-order valence-corrected chi connectivity index (χ1v) is 4.80. The molecule has 1 aliphatic heterocycles. The zero-order valence-corrected chi connectivity index (χ0v) is 8.07. The molecule has 0 aromatic carbocycles. The summed E-state index contributed by atoms with van der Waals surface area (Å²) in [4.78, 5) is 12.7. The van der Waals surface area contributed by atoms with Crippen molar-refractivity contribution in [2.45, 2.75) is 25.8 Å². The van der Waals surface area contributed by atoms with Gasteiger partial charge in [0.1, 0.15) is 6.04 Å². The van der Waals surface area contributed by atoms with Gasteiger partial charge in [-0.2, -0.15) is 0 Å². The Balaban J connectivity index is 2.16. The number of hydrogen-bond donors (Lipinski definition) is 2. The van der Waals surface area contributed by atoms with E-state index < -0.39 is 12.0 Å². The van der Waals surface area contributed by atoms with E-state index in [-0.39, 0.29) is 0 Å². The number of nitrogens with zero attached hydrogens (tertiary/aromatic N) is 1. The molecule has 1 saturated heterocycles. The first-order chi connectivity index (χ1) is 6.09. The van der Waals surface area contributed by atoms with Gasteiger partial charge in [-0.05, 0) is 25.3 Å². The maximum atomic E-state index is 10.4. The van der Waals surface area contributed by atoms with Crippen molar-refractivity contribution in [2.75, 3.05) is 19.6 Å². The number of likely N-dealkylation sites (tertiary alicyclic amines) is 1. The van der Waals surface area contributed by atoms with Crippen LogP contribution in [0.5, 0.6) is 0 Å². The van der Waals surface area contributed by atoms with Crippen LogP contribution in [-0.2, 0) is 4.79 Å². The fraction of sp³-hybridized carbons (Fsp3) is 0.889. The Kier molecular flexibility index (Phi) is 3.69. The molecule has 13 heavy (non-hydrogen) atoms. The van der Waals surface area contributed by atoms with Crippen LogP contribution in [0.25, 0.3) is 0 Å². The van der Waals surface area contributed by atoms with Gasteiger partial charge in [0.2, 0.25) is 0 Å². The van der Waals surface area contributed by atoms with Gasteiger partial charge in [0, 0.05) is 13.1 Å². The van der Waals surface area contributed by atoms with Gasteiger partial charge in [-0.25, -0.2) is 0 Å². The number of carboxylic acid groups (broad SMARTS) is 1. The van der Waals surface area contributed by atoms with Crippen LogP contribution < -0.4 is 5.73 Å². The van der Waals surface area contributed by atoms with Crippen molar-refractivity contribution in [3.05, 3.63) is 0 Å². The van der Waals surface area contributed by atoms with Crippen molar-refractivity contribution in [1.82, 2.24) is 4.90 Å². The summed E-state index contributed by atoms with van der Waals surface area (Å²) in [6.45, 7) is 5.22. The van der Waals surface area contributed by atoms with E-state index >= 15 is 0 Å². The molecule has 4 nitrogen and oxygen atoms in total. The normalized spacial score (nSPS) is 26.2. The molecule has 1 unspecified atom stereocenters. The van der Waals surface area contributed by atoms with Crippen LogP contribution in [0.15, 0.2) is 0 Å². The van der Waals surface area contributed by atoms with Crippen molar-refractivity contribution in [1.29, 1.82) is 0 Å². The lowest BCUT2D eigenvalue weighted by molar-refractivity contribution is -0.138. The van der Waals surface area contributed by atoms with Crippen molar-refractivity contribution >= 4 is 5.97 Å². The quantitative estimate of drug-likeness (QED) is 0.655. The molecule has 2 atom stereocenters. The second-order valence-electron chi connectivity index (χ2n) is 3.93. The van der Waals surface area contributed by atoms with Gasteiger partial charge in [0.25, 0.3) is 0 Å². The van der Waals surface area contributed by atoms with E-state index in [1.807, 2.05) is 0 Å². The molecule has 0 saturated carbocycles. The third-order valence-corrected chi connectivity index (χ3v) is 2.58. The fourth-order valence-corrected chi connectivity index (χ4v) is 1.67. The second kappa shape index (κ2) is 4.58. The predicted molar refractivity (Wildman–Crippen MR) is 50.4 cm³/mol. The standard InChI is InChI=1S/C9H18N2O2/c1-7-2-4-11(6-7)5-3-8(10)9(12)13/h7-8H,2-6,10H2,1H3,(H,12,13)/t7?,8-/m0/s1. The minimum Gasteiger partial charge on any atom is -0.480 e. The summed E-state index contributed by atoms with van der Waals surface area (Å²) in [5, 5.41) is 8.56. The van der Waals surface area contributed by atoms with Crippen LogP contribution in [0.3, 0.4) is 0 Å². The van der Waals surface area contributed by atoms with E-state index in [2.05, 4.69) is 11.8 Å². The van der Waals surface area contributed by atoms with Gasteiger partial charge in [-0.1, -0.05) is 6.92 Å². The van der Waals surface area contributed by atoms with E-state index in [9.17, 15) is 4.79 Å². The SMILES string of the molecule is CC1CCN(CC[C@H](N)C(=O)O)C1. The molecule has 1 heterocycles. The van der Waals surface area contributed by atoms with Crippen LogP contribution in [0.4, 0.5) is 0 Å². The van der Waals surface area contributed by atoms with Crippen molar-refractivity contribution in [3.8, 4) is 0 Å². The Morgan fingerprint density at radius 3 is 2.92 bits per heavy atom. The third kappa shape index (κ3) is 3.32. The molecule has 0 aromatic heterocycles. The maximum Gasteiger partial charge on any atom is 0.320 e. The summed E-state index contributed by atoms with van der Waals surface area (Å²) >= 11 is 0. The van der Waals surface area contributed by atoms with Gasteiger partial charge in [0.15, 0.2) is 0 Å². The van der Waals surface area contributed by atoms with Crippen molar-refractivity contribution in [3.63, 3.8) is 0 Å². The van der Waals surface area contributed by atoms with Crippen LogP contribution in [0.2, 0.25) is 0 Å². The Labute approximate surface area is 78.7 Å². The fourth-order valence-electron chi connectivity index (χ4n) is 1.67. The number of aliphatic carboxylic acids is 1. The summed E-state index contributed by atoms with van der Waals surface area (Å²) in [5.74, 6) is -0.145. The topological polar surface area (TPSA) is 66.6 Å². The lowest BCUT2D eigenvalue weighted by atomic mass is 10.2. The van der Waals surface area contributed by atoms with Crippen LogP contribution in [-0.4, -0.2) is 41.7 Å². The minimum atomic E-state index is -0.896. The molecule has 1 rings (SSSR count). The maximum absolute atomic E-state index is 10.4. The van der Waals surface area contributed by atoms with Crippen molar-refractivity contribution in [2.24, 2.45) is 11.7 Å². The molecule has 0 amide bonds. The summed E-state index contributed by atoms with van der Waals surface area (Å²) in [7, 11) is 0. The molecule has 0 aromatic rings. The Morgan fingerprint density at radius 1 is 1.77 bits per heavy atom. The molecular formula is C9H18N2O2. The molecule has 1 aliphatic rings. The molecule has 0 spiro atoms. The Morgan fingerprint density at radius 2 is 2.46 bits per heavy atom. The average molecular weight is 186 g/mol. The van der Waals surface area contributed by atoms with E-state index in [0.717, 1.165) is 25.6 Å². The molecule has 0 bridgehead atoms. The average Bonchev–Trinajstić information content (AvgIpc) is 2.47. The molecule has 1 fully saturated rings. The predicted octanol–water partition coefficient (Wildman–Crippen LogP) is 0.130. The highest BCUT2D eigenvalue weighted by Crippen LogP contribution is 2.14. The van der Waals surface area contributed by atoms with Gasteiger partial charge in [0.05, 0.1) is 0 Å². The lowest BCUT2D eigenvalue weighted by Crippen LogP contribution is -2.34. The van der Waals surface area contributed by atoms with Gasteiger partial charge in [-0.15, -0.1) is 0 Å². The minimum absolute atomic E-state index is 0.558. The highest BCUT2D eigenvalue weighted by atomic mass is 16.4. The zero-order valence-electron chi connectivity index (χ0n) is 8.07. The van der Waals surface area contributed by atoms with E-state index in [1.165, 1.54) is 6.42 Å². The van der Waals surface area contributed by atoms with Crippen LogP contribution in [0, 0.1) is 5.92 Å². The summed E-state index contributed by atoms with van der Waals surface area (Å²) in [6, 6.07) is -0.698. The van der Waals surface area contributed by atoms with E-state index in [4.69, 9.17) is 10.8 Å². The van der Waals surface area contributed by atoms with Crippen LogP contribution >= 0.6 is 0 Å². The Hall–Kier alpha value is -0.610. The summed E-state index contributed by atoms with van der Waals surface area (Å²) in [5.41, 5.74) is 5.40. The molecule has 76 valence electrons. The first kappa shape index (κ1) is 10.5. The lowest BCUT2D eigenvalue weighted by Gasteiger charge is -2.16. The summed E-state index contributed by atoms with van der Waals surface area (Å²) in [6.07, 6.45) is 1.78.